The number of hydrogen-bond acceptors (Lipinski definition) is 12. The summed E-state index contributed by atoms with van der Waals surface area (Å²) in [7, 11) is -0.796. The van der Waals surface area contributed by atoms with Gasteiger partial charge in [0.15, 0.2) is 5.75 Å². The van der Waals surface area contributed by atoms with Crippen molar-refractivity contribution in [2.24, 2.45) is 0 Å². The Morgan fingerprint density at radius 2 is 1.48 bits per heavy atom. The van der Waals surface area contributed by atoms with E-state index in [2.05, 4.69) is 31.0 Å². The summed E-state index contributed by atoms with van der Waals surface area (Å²) in [6.45, 7) is 7.03. The Morgan fingerprint density at radius 3 is 2.16 bits per heavy atom. The molecule has 0 unspecified atom stereocenters. The van der Waals surface area contributed by atoms with E-state index in [1.54, 1.807) is 60.8 Å². The zero-order valence-electron chi connectivity index (χ0n) is 34.7. The maximum atomic E-state index is 13.5. The topological polar surface area (TPSA) is 225 Å². The number of anilines is 5. The zero-order chi connectivity index (χ0) is 44.2. The predicted octanol–water partition coefficient (Wildman–Crippen LogP) is 7.34. The number of aliphatic carboxylic acids is 1. The lowest BCUT2D eigenvalue weighted by Gasteiger charge is -2.24. The number of urea groups is 1. The molecule has 0 aliphatic carbocycles. The highest BCUT2D eigenvalue weighted by molar-refractivity contribution is 7.92. The SMILES string of the molecule is COc1cc(Nc2cc(Oc3ccc(NC(=O)Nc4cc(C(C)(C)C)cc(NS(C)(=O)=O)c4OC)c4ccccc34)ccn2)ccc1C(=O)NCCOCCOCCC(=O)O. The van der Waals surface area contributed by atoms with Crippen LogP contribution in [0.3, 0.4) is 0 Å². The van der Waals surface area contributed by atoms with Gasteiger partial charge in [0.1, 0.15) is 23.1 Å². The van der Waals surface area contributed by atoms with Crippen LogP contribution >= 0.6 is 0 Å². The lowest BCUT2D eigenvalue weighted by Crippen LogP contribution is -2.28. The molecule has 4 aromatic carbocycles. The number of hydrogen-bond donors (Lipinski definition) is 6. The number of carbonyl (C=O) groups is 3. The number of ether oxygens (including phenoxy) is 5. The van der Waals surface area contributed by atoms with E-state index in [1.807, 2.05) is 45.0 Å². The number of sulfonamides is 1. The average molecular weight is 859 g/mol. The highest BCUT2D eigenvalue weighted by atomic mass is 32.2. The third-order valence-corrected chi connectivity index (χ3v) is 9.47. The Labute approximate surface area is 354 Å². The van der Waals surface area contributed by atoms with Gasteiger partial charge in [-0.3, -0.25) is 14.3 Å². The molecule has 0 aliphatic rings. The summed E-state index contributed by atoms with van der Waals surface area (Å²) >= 11 is 0. The summed E-state index contributed by atoms with van der Waals surface area (Å²) in [5.41, 5.74) is 2.28. The van der Waals surface area contributed by atoms with Crippen molar-refractivity contribution in [1.82, 2.24) is 10.3 Å². The van der Waals surface area contributed by atoms with E-state index in [4.69, 9.17) is 28.8 Å². The zero-order valence-corrected chi connectivity index (χ0v) is 35.5. The number of amides is 3. The van der Waals surface area contributed by atoms with Crippen LogP contribution in [0.15, 0.2) is 85.1 Å². The van der Waals surface area contributed by atoms with Crippen LogP contribution in [-0.2, 0) is 29.7 Å². The number of methoxy groups -OCH3 is 2. The van der Waals surface area contributed by atoms with Crippen molar-refractivity contribution in [3.05, 3.63) is 96.2 Å². The average Bonchev–Trinajstić information content (AvgIpc) is 3.20. The first-order chi connectivity index (χ1) is 29.0. The van der Waals surface area contributed by atoms with Gasteiger partial charge in [-0.15, -0.1) is 0 Å². The highest BCUT2D eigenvalue weighted by Crippen LogP contribution is 2.40. The second kappa shape index (κ2) is 20.6. The van der Waals surface area contributed by atoms with Gasteiger partial charge in [-0.25, -0.2) is 18.2 Å². The Balaban J connectivity index is 1.24. The first-order valence-electron chi connectivity index (χ1n) is 19.1. The first-order valence-corrected chi connectivity index (χ1v) is 21.0. The Kier molecular flexibility index (Phi) is 15.3. The first kappa shape index (κ1) is 45.5. The van der Waals surface area contributed by atoms with Crippen molar-refractivity contribution in [3.63, 3.8) is 0 Å². The Morgan fingerprint density at radius 1 is 0.770 bits per heavy atom. The smallest absolute Gasteiger partial charge is 0.323 e. The van der Waals surface area contributed by atoms with Crippen LogP contribution in [0.2, 0.25) is 0 Å². The lowest BCUT2D eigenvalue weighted by molar-refractivity contribution is -0.138. The monoisotopic (exact) mass is 858 g/mol. The van der Waals surface area contributed by atoms with Gasteiger partial charge in [0.2, 0.25) is 10.0 Å². The minimum atomic E-state index is -3.66. The number of carboxylic acids is 1. The van der Waals surface area contributed by atoms with Crippen molar-refractivity contribution in [3.8, 4) is 23.0 Å². The third kappa shape index (κ3) is 13.2. The van der Waals surface area contributed by atoms with Crippen molar-refractivity contribution < 1.29 is 51.6 Å². The number of pyridine rings is 1. The molecule has 17 nitrogen and oxygen atoms in total. The van der Waals surface area contributed by atoms with Gasteiger partial charge in [0.05, 0.1) is 75.9 Å². The van der Waals surface area contributed by atoms with E-state index < -0.39 is 22.0 Å². The Bertz CT molecular complexity index is 2470. The largest absolute Gasteiger partial charge is 0.496 e. The van der Waals surface area contributed by atoms with E-state index in [1.165, 1.54) is 14.2 Å². The van der Waals surface area contributed by atoms with Crippen LogP contribution in [0, 0.1) is 0 Å². The lowest BCUT2D eigenvalue weighted by atomic mass is 9.86. The summed E-state index contributed by atoms with van der Waals surface area (Å²) in [6, 6.07) is 22.2. The second-order valence-electron chi connectivity index (χ2n) is 14.6. The highest BCUT2D eigenvalue weighted by Gasteiger charge is 2.23. The summed E-state index contributed by atoms with van der Waals surface area (Å²) in [5, 5.41) is 21.8. The van der Waals surface area contributed by atoms with Crippen LogP contribution in [0.25, 0.3) is 10.8 Å². The second-order valence-corrected chi connectivity index (χ2v) is 16.4. The standard InChI is InChI=1S/C43H50N6O11S/c1-43(2,3)27-23-34(40(57-5)35(24-27)49-61(6,54)55)48-42(53)47-33-13-14-36(31-10-8-7-9-30(31)33)60-29-15-17-44-38(26-29)46-28-11-12-32(37(25-28)56-4)41(52)45-18-20-59-22-21-58-19-16-39(50)51/h7-15,17,23-26,49H,16,18-22H2,1-6H3,(H,44,46)(H,45,52)(H,50,51)(H2,47,48,53). The number of rotatable bonds is 20. The van der Waals surface area contributed by atoms with Crippen molar-refractivity contribution in [2.75, 3.05) is 74.1 Å². The minimum absolute atomic E-state index is 0.0752. The molecule has 0 spiro atoms. The van der Waals surface area contributed by atoms with Crippen molar-refractivity contribution in [1.29, 1.82) is 0 Å². The molecule has 0 aliphatic heterocycles. The van der Waals surface area contributed by atoms with E-state index in [-0.39, 0.29) is 67.8 Å². The maximum Gasteiger partial charge on any atom is 0.323 e. The third-order valence-electron chi connectivity index (χ3n) is 8.88. The van der Waals surface area contributed by atoms with Crippen LogP contribution in [0.4, 0.5) is 33.4 Å². The molecule has 1 aromatic heterocycles. The van der Waals surface area contributed by atoms with Gasteiger partial charge in [-0.1, -0.05) is 45.0 Å². The van der Waals surface area contributed by atoms with Crippen LogP contribution in [-0.4, -0.2) is 89.9 Å². The quantitative estimate of drug-likeness (QED) is 0.0422. The fourth-order valence-corrected chi connectivity index (χ4v) is 6.53. The molecule has 5 rings (SSSR count). The summed E-state index contributed by atoms with van der Waals surface area (Å²) in [4.78, 5) is 41.3. The van der Waals surface area contributed by atoms with Gasteiger partial charge in [-0.2, -0.15) is 0 Å². The molecule has 0 radical (unpaired) electrons. The molecule has 61 heavy (non-hydrogen) atoms. The fraction of sp³-hybridized carbons (Fsp3) is 0.302. The van der Waals surface area contributed by atoms with Gasteiger partial charge in [-0.05, 0) is 53.4 Å². The molecule has 0 fully saturated rings. The molecule has 6 N–H and O–H groups in total. The summed E-state index contributed by atoms with van der Waals surface area (Å²) < 4.78 is 54.8. The number of nitrogens with one attached hydrogen (secondary N) is 5. The van der Waals surface area contributed by atoms with Gasteiger partial charge in [0, 0.05) is 41.3 Å². The predicted molar refractivity (Wildman–Crippen MR) is 234 cm³/mol. The number of aromatic nitrogens is 1. The number of fused-ring (bicyclic) bond motifs is 1. The molecule has 0 bridgehead atoms. The van der Waals surface area contributed by atoms with E-state index in [0.29, 0.717) is 50.8 Å². The molecule has 324 valence electrons. The molecule has 0 saturated heterocycles. The van der Waals surface area contributed by atoms with Crippen molar-refractivity contribution in [2.45, 2.75) is 32.6 Å². The van der Waals surface area contributed by atoms with Gasteiger partial charge in [0.25, 0.3) is 5.91 Å². The molecule has 3 amide bonds. The molecule has 0 saturated carbocycles. The molecular weight excluding hydrogens is 809 g/mol. The molecule has 0 atom stereocenters. The normalized spacial score (nSPS) is 11.4. The van der Waals surface area contributed by atoms with E-state index >= 15 is 0 Å². The number of carboxylic acid groups (broad SMARTS) is 1. The Hall–Kier alpha value is -6.63. The van der Waals surface area contributed by atoms with Crippen molar-refractivity contribution >= 4 is 67.3 Å². The summed E-state index contributed by atoms with van der Waals surface area (Å²) in [6.07, 6.45) is 2.55. The van der Waals surface area contributed by atoms with E-state index in [9.17, 15) is 22.8 Å². The number of nitrogens with zero attached hydrogens (tertiary/aromatic N) is 1. The van der Waals surface area contributed by atoms with E-state index in [0.717, 1.165) is 11.8 Å². The molecule has 5 aromatic rings. The minimum Gasteiger partial charge on any atom is -0.496 e. The molecule has 1 heterocycles. The van der Waals surface area contributed by atoms with Crippen LogP contribution in [0.1, 0.15) is 43.1 Å². The fourth-order valence-electron chi connectivity index (χ4n) is 5.98. The molecular formula is C43H50N6O11S. The van der Waals surface area contributed by atoms with Gasteiger partial charge < -0.3 is 50.1 Å². The van der Waals surface area contributed by atoms with Crippen LogP contribution < -0.4 is 40.2 Å². The number of benzene rings is 4. The number of carbonyl (C=O) groups excluding carboxylic acids is 2. The van der Waals surface area contributed by atoms with Gasteiger partial charge >= 0.3 is 12.0 Å². The maximum absolute atomic E-state index is 13.5. The summed E-state index contributed by atoms with van der Waals surface area (Å²) in [5.74, 6) is 0.660. The molecule has 18 heteroatoms. The van der Waals surface area contributed by atoms with Crippen LogP contribution in [0.5, 0.6) is 23.0 Å².